The smallest absolute Gasteiger partial charge is 0.244 e. The van der Waals surface area contributed by atoms with Crippen LogP contribution in [0.2, 0.25) is 0 Å². The van der Waals surface area contributed by atoms with Crippen LogP contribution in [0.1, 0.15) is 13.8 Å². The van der Waals surface area contributed by atoms with E-state index in [-0.39, 0.29) is 17.8 Å². The number of anilines is 1. The van der Waals surface area contributed by atoms with Gasteiger partial charge in [0, 0.05) is 0 Å². The molecule has 5 heteroatoms. The molecule has 0 spiro atoms. The van der Waals surface area contributed by atoms with Gasteiger partial charge in [-0.3, -0.25) is 0 Å². The SMILES string of the molecule is C#CC(Nc1nc2ccc(F)cn2n1)C(C)C. The third-order valence-electron chi connectivity index (χ3n) is 2.43. The van der Waals surface area contributed by atoms with Crippen LogP contribution in [0.3, 0.4) is 0 Å². The third-order valence-corrected chi connectivity index (χ3v) is 2.43. The minimum absolute atomic E-state index is 0.141. The number of rotatable bonds is 3. The highest BCUT2D eigenvalue weighted by molar-refractivity contribution is 5.44. The molecule has 1 N–H and O–H groups in total. The van der Waals surface area contributed by atoms with E-state index < -0.39 is 0 Å². The number of nitrogens with one attached hydrogen (secondary N) is 1. The fourth-order valence-electron chi connectivity index (χ4n) is 1.46. The highest BCUT2D eigenvalue weighted by Crippen LogP contribution is 2.10. The molecule has 88 valence electrons. The van der Waals surface area contributed by atoms with E-state index in [0.29, 0.717) is 11.6 Å². The summed E-state index contributed by atoms with van der Waals surface area (Å²) in [5.74, 6) is 2.95. The second-order valence-electron chi connectivity index (χ2n) is 4.12. The van der Waals surface area contributed by atoms with E-state index in [1.807, 2.05) is 13.8 Å². The number of pyridine rings is 1. The molecule has 0 aliphatic rings. The van der Waals surface area contributed by atoms with Crippen LogP contribution in [-0.2, 0) is 0 Å². The van der Waals surface area contributed by atoms with Crippen molar-refractivity contribution in [1.29, 1.82) is 0 Å². The van der Waals surface area contributed by atoms with Crippen LogP contribution in [-0.4, -0.2) is 20.6 Å². The van der Waals surface area contributed by atoms with Gasteiger partial charge in [0.05, 0.1) is 12.2 Å². The van der Waals surface area contributed by atoms with Crippen molar-refractivity contribution in [3.63, 3.8) is 0 Å². The van der Waals surface area contributed by atoms with Gasteiger partial charge in [-0.15, -0.1) is 11.5 Å². The van der Waals surface area contributed by atoms with Crippen molar-refractivity contribution in [2.45, 2.75) is 19.9 Å². The molecule has 2 aromatic heterocycles. The minimum Gasteiger partial charge on any atom is -0.339 e. The van der Waals surface area contributed by atoms with Crippen molar-refractivity contribution in [3.8, 4) is 12.3 Å². The van der Waals surface area contributed by atoms with Crippen LogP contribution >= 0.6 is 0 Å². The van der Waals surface area contributed by atoms with E-state index in [4.69, 9.17) is 6.42 Å². The summed E-state index contributed by atoms with van der Waals surface area (Å²) in [6.07, 6.45) is 6.68. The maximum absolute atomic E-state index is 13.0. The predicted octanol–water partition coefficient (Wildman–Crippen LogP) is 1.94. The highest BCUT2D eigenvalue weighted by atomic mass is 19.1. The maximum atomic E-state index is 13.0. The van der Waals surface area contributed by atoms with Gasteiger partial charge in [0.25, 0.3) is 0 Å². The highest BCUT2D eigenvalue weighted by Gasteiger charge is 2.12. The maximum Gasteiger partial charge on any atom is 0.244 e. The summed E-state index contributed by atoms with van der Waals surface area (Å²) < 4.78 is 14.3. The first kappa shape index (κ1) is 11.4. The number of hydrogen-bond acceptors (Lipinski definition) is 3. The van der Waals surface area contributed by atoms with Gasteiger partial charge in [0.2, 0.25) is 5.95 Å². The lowest BCUT2D eigenvalue weighted by molar-refractivity contribution is 0.607. The zero-order valence-electron chi connectivity index (χ0n) is 9.68. The van der Waals surface area contributed by atoms with Gasteiger partial charge in [0.1, 0.15) is 5.82 Å². The summed E-state index contributed by atoms with van der Waals surface area (Å²) >= 11 is 0. The quantitative estimate of drug-likeness (QED) is 0.822. The summed E-state index contributed by atoms with van der Waals surface area (Å²) in [4.78, 5) is 4.20. The topological polar surface area (TPSA) is 42.2 Å². The van der Waals surface area contributed by atoms with Gasteiger partial charge in [0.15, 0.2) is 5.65 Å². The van der Waals surface area contributed by atoms with Gasteiger partial charge < -0.3 is 5.32 Å². The molecule has 17 heavy (non-hydrogen) atoms. The molecule has 0 saturated carbocycles. The first-order chi connectivity index (χ1) is 8.10. The van der Waals surface area contributed by atoms with Crippen molar-refractivity contribution in [2.24, 2.45) is 5.92 Å². The molecular weight excluding hydrogens is 219 g/mol. The van der Waals surface area contributed by atoms with Gasteiger partial charge in [-0.1, -0.05) is 19.8 Å². The molecule has 0 fully saturated rings. The van der Waals surface area contributed by atoms with E-state index >= 15 is 0 Å². The first-order valence-electron chi connectivity index (χ1n) is 5.35. The zero-order valence-corrected chi connectivity index (χ0v) is 9.68. The Morgan fingerprint density at radius 1 is 1.47 bits per heavy atom. The minimum atomic E-state index is -0.355. The molecule has 0 amide bonds. The van der Waals surface area contributed by atoms with Gasteiger partial charge in [-0.05, 0) is 18.1 Å². The molecule has 2 heterocycles. The third kappa shape index (κ3) is 2.36. The fourth-order valence-corrected chi connectivity index (χ4v) is 1.46. The monoisotopic (exact) mass is 232 g/mol. The lowest BCUT2D eigenvalue weighted by Gasteiger charge is -2.14. The van der Waals surface area contributed by atoms with Crippen molar-refractivity contribution in [1.82, 2.24) is 14.6 Å². The van der Waals surface area contributed by atoms with Crippen molar-refractivity contribution in [2.75, 3.05) is 5.32 Å². The van der Waals surface area contributed by atoms with E-state index in [2.05, 4.69) is 21.3 Å². The van der Waals surface area contributed by atoms with Gasteiger partial charge in [-0.25, -0.2) is 8.91 Å². The van der Waals surface area contributed by atoms with Crippen LogP contribution in [0.15, 0.2) is 18.3 Å². The Hall–Kier alpha value is -2.09. The number of halogens is 1. The molecule has 1 atom stereocenters. The molecule has 1 unspecified atom stereocenters. The molecule has 2 aromatic rings. The second kappa shape index (κ2) is 4.42. The Bertz CT molecular complexity index is 567. The van der Waals surface area contributed by atoms with Crippen LogP contribution in [0.5, 0.6) is 0 Å². The zero-order chi connectivity index (χ0) is 12.4. The summed E-state index contributed by atoms with van der Waals surface area (Å²) in [5.41, 5.74) is 0.577. The van der Waals surface area contributed by atoms with Gasteiger partial charge in [-0.2, -0.15) is 4.98 Å². The molecule has 0 aromatic carbocycles. The first-order valence-corrected chi connectivity index (χ1v) is 5.35. The number of fused-ring (bicyclic) bond motifs is 1. The van der Waals surface area contributed by atoms with Crippen molar-refractivity contribution in [3.05, 3.63) is 24.1 Å². The summed E-state index contributed by atoms with van der Waals surface area (Å²) in [5, 5.41) is 7.14. The van der Waals surface area contributed by atoms with Crippen molar-refractivity contribution < 1.29 is 4.39 Å². The lowest BCUT2D eigenvalue weighted by atomic mass is 10.1. The standard InChI is InChI=1S/C12H13FN4/c1-4-10(8(2)3)14-12-15-11-6-5-9(13)7-17(11)16-12/h1,5-8,10H,2-3H3,(H,14,16). The van der Waals surface area contributed by atoms with E-state index in [1.165, 1.54) is 16.8 Å². The molecule has 4 nitrogen and oxygen atoms in total. The van der Waals surface area contributed by atoms with Crippen LogP contribution < -0.4 is 5.32 Å². The molecule has 0 radical (unpaired) electrons. The Balaban J connectivity index is 2.28. The fraction of sp³-hybridized carbons (Fsp3) is 0.333. The summed E-state index contributed by atoms with van der Waals surface area (Å²) in [6.45, 7) is 4.01. The van der Waals surface area contributed by atoms with Gasteiger partial charge >= 0.3 is 0 Å². The van der Waals surface area contributed by atoms with E-state index in [1.54, 1.807) is 6.07 Å². The predicted molar refractivity (Wildman–Crippen MR) is 64.0 cm³/mol. The van der Waals surface area contributed by atoms with E-state index in [9.17, 15) is 4.39 Å². The number of nitrogens with zero attached hydrogens (tertiary/aromatic N) is 3. The largest absolute Gasteiger partial charge is 0.339 e. The molecular formula is C12H13FN4. The second-order valence-corrected chi connectivity index (χ2v) is 4.12. The van der Waals surface area contributed by atoms with E-state index in [0.717, 1.165) is 0 Å². The number of aromatic nitrogens is 3. The van der Waals surface area contributed by atoms with Crippen LogP contribution in [0, 0.1) is 24.1 Å². The summed E-state index contributed by atoms with van der Waals surface area (Å²) in [6, 6.07) is 2.76. The lowest BCUT2D eigenvalue weighted by Crippen LogP contribution is -2.24. The van der Waals surface area contributed by atoms with Crippen LogP contribution in [0.25, 0.3) is 5.65 Å². The Morgan fingerprint density at radius 3 is 2.88 bits per heavy atom. The number of terminal acetylenes is 1. The molecule has 0 saturated heterocycles. The molecule has 2 rings (SSSR count). The average Bonchev–Trinajstić information content (AvgIpc) is 2.66. The van der Waals surface area contributed by atoms with Crippen molar-refractivity contribution >= 4 is 11.6 Å². The average molecular weight is 232 g/mol. The normalized spacial score (nSPS) is 12.6. The molecule has 0 bridgehead atoms. The Kier molecular flexibility index (Phi) is 2.96. The summed E-state index contributed by atoms with van der Waals surface area (Å²) in [7, 11) is 0. The Labute approximate surface area is 98.9 Å². The molecule has 0 aliphatic carbocycles. The molecule has 0 aliphatic heterocycles. The Morgan fingerprint density at radius 2 is 2.24 bits per heavy atom. The van der Waals surface area contributed by atoms with Crippen LogP contribution in [0.4, 0.5) is 10.3 Å². The number of hydrogen-bond donors (Lipinski definition) is 1.